The Hall–Kier alpha value is -1.32. The Morgan fingerprint density at radius 3 is 2.80 bits per heavy atom. The molecular formula is C16H25N3O. The van der Waals surface area contributed by atoms with E-state index in [1.54, 1.807) is 0 Å². The van der Waals surface area contributed by atoms with Crippen LogP contribution >= 0.6 is 0 Å². The van der Waals surface area contributed by atoms with Crippen LogP contribution in [-0.2, 0) is 11.2 Å². The molecule has 1 heterocycles. The molecule has 1 amide bonds. The minimum atomic E-state index is 0.221. The van der Waals surface area contributed by atoms with Crippen LogP contribution in [0.5, 0.6) is 0 Å². The number of rotatable bonds is 6. The third-order valence-electron chi connectivity index (χ3n) is 4.59. The Morgan fingerprint density at radius 2 is 2.10 bits per heavy atom. The molecule has 1 N–H and O–H groups in total. The smallest absolute Gasteiger partial charge is 0.220 e. The summed E-state index contributed by atoms with van der Waals surface area (Å²) in [5.74, 6) is 1.98. The van der Waals surface area contributed by atoms with Gasteiger partial charge in [0, 0.05) is 37.3 Å². The van der Waals surface area contributed by atoms with Gasteiger partial charge in [0.2, 0.25) is 5.91 Å². The molecule has 110 valence electrons. The molecule has 0 bridgehead atoms. The molecule has 3 rings (SSSR count). The molecule has 4 nitrogen and oxygen atoms in total. The van der Waals surface area contributed by atoms with Gasteiger partial charge in [0.05, 0.1) is 0 Å². The highest BCUT2D eigenvalue weighted by molar-refractivity contribution is 5.76. The van der Waals surface area contributed by atoms with Crippen LogP contribution in [0.3, 0.4) is 0 Å². The van der Waals surface area contributed by atoms with E-state index in [-0.39, 0.29) is 5.91 Å². The number of imidazole rings is 1. The van der Waals surface area contributed by atoms with E-state index in [1.165, 1.54) is 44.2 Å². The highest BCUT2D eigenvalue weighted by atomic mass is 16.1. The molecule has 0 aliphatic heterocycles. The van der Waals surface area contributed by atoms with Crippen LogP contribution in [0.15, 0.2) is 6.20 Å². The number of carbonyl (C=O) groups excluding carboxylic acids is 1. The highest BCUT2D eigenvalue weighted by Gasteiger charge is 2.27. The highest BCUT2D eigenvalue weighted by Crippen LogP contribution is 2.36. The molecule has 0 unspecified atom stereocenters. The molecule has 1 aromatic heterocycles. The molecule has 2 aliphatic carbocycles. The second-order valence-corrected chi connectivity index (χ2v) is 6.37. The number of aromatic nitrogens is 2. The van der Waals surface area contributed by atoms with E-state index in [4.69, 9.17) is 0 Å². The predicted octanol–water partition coefficient (Wildman–Crippen LogP) is 2.77. The van der Waals surface area contributed by atoms with Crippen molar-refractivity contribution >= 4 is 5.91 Å². The number of nitrogens with zero attached hydrogens (tertiary/aromatic N) is 2. The molecule has 0 atom stereocenters. The van der Waals surface area contributed by atoms with Gasteiger partial charge >= 0.3 is 0 Å². The maximum atomic E-state index is 11.9. The van der Waals surface area contributed by atoms with Crippen LogP contribution in [-0.4, -0.2) is 22.0 Å². The summed E-state index contributed by atoms with van der Waals surface area (Å²) >= 11 is 0. The Labute approximate surface area is 121 Å². The lowest BCUT2D eigenvalue weighted by Gasteiger charge is -2.11. The molecule has 0 saturated heterocycles. The number of amides is 1. The maximum Gasteiger partial charge on any atom is 0.220 e. The van der Waals surface area contributed by atoms with E-state index in [1.807, 2.05) is 6.20 Å². The first-order valence-corrected chi connectivity index (χ1v) is 8.03. The van der Waals surface area contributed by atoms with Gasteiger partial charge in [-0.2, -0.15) is 0 Å². The van der Waals surface area contributed by atoms with Gasteiger partial charge in [-0.05, 0) is 38.5 Å². The lowest BCUT2D eigenvalue weighted by molar-refractivity contribution is -0.121. The Morgan fingerprint density at radius 1 is 1.35 bits per heavy atom. The lowest BCUT2D eigenvalue weighted by Crippen LogP contribution is -2.27. The van der Waals surface area contributed by atoms with E-state index < -0.39 is 0 Å². The zero-order valence-electron chi connectivity index (χ0n) is 12.4. The van der Waals surface area contributed by atoms with Crippen molar-refractivity contribution in [2.24, 2.45) is 5.92 Å². The first-order chi connectivity index (χ1) is 9.74. The van der Waals surface area contributed by atoms with Crippen molar-refractivity contribution in [2.75, 3.05) is 6.54 Å². The van der Waals surface area contributed by atoms with Crippen molar-refractivity contribution in [3.05, 3.63) is 17.7 Å². The molecule has 0 aromatic carbocycles. The molecule has 20 heavy (non-hydrogen) atoms. The largest absolute Gasteiger partial charge is 0.356 e. The zero-order chi connectivity index (χ0) is 13.9. The number of nitrogens with one attached hydrogen (secondary N) is 1. The van der Waals surface area contributed by atoms with Crippen LogP contribution in [0.2, 0.25) is 0 Å². The molecule has 2 saturated carbocycles. The number of carbonyl (C=O) groups is 1. The van der Waals surface area contributed by atoms with Crippen molar-refractivity contribution in [3.8, 4) is 0 Å². The summed E-state index contributed by atoms with van der Waals surface area (Å²) < 4.78 is 2.35. The van der Waals surface area contributed by atoms with E-state index in [9.17, 15) is 4.79 Å². The molecule has 0 radical (unpaired) electrons. The van der Waals surface area contributed by atoms with Gasteiger partial charge in [0.15, 0.2) is 0 Å². The minimum Gasteiger partial charge on any atom is -0.356 e. The van der Waals surface area contributed by atoms with E-state index in [2.05, 4.69) is 21.8 Å². The van der Waals surface area contributed by atoms with Crippen LogP contribution in [0, 0.1) is 12.8 Å². The van der Waals surface area contributed by atoms with Gasteiger partial charge in [0.25, 0.3) is 0 Å². The predicted molar refractivity (Wildman–Crippen MR) is 78.5 cm³/mol. The summed E-state index contributed by atoms with van der Waals surface area (Å²) in [4.78, 5) is 16.4. The average Bonchev–Trinajstić information content (AvgIpc) is 3.00. The number of aryl methyl sites for hydroxylation is 1. The van der Waals surface area contributed by atoms with Gasteiger partial charge < -0.3 is 9.88 Å². The summed E-state index contributed by atoms with van der Waals surface area (Å²) in [6, 6.07) is 0.668. The van der Waals surface area contributed by atoms with E-state index in [0.29, 0.717) is 18.5 Å². The monoisotopic (exact) mass is 275 g/mol. The first-order valence-electron chi connectivity index (χ1n) is 8.03. The van der Waals surface area contributed by atoms with Crippen LogP contribution in [0.1, 0.15) is 62.5 Å². The van der Waals surface area contributed by atoms with Crippen molar-refractivity contribution < 1.29 is 4.79 Å². The summed E-state index contributed by atoms with van der Waals surface area (Å²) in [5, 5.41) is 3.06. The topological polar surface area (TPSA) is 46.9 Å². The van der Waals surface area contributed by atoms with E-state index >= 15 is 0 Å². The van der Waals surface area contributed by atoms with Crippen LogP contribution in [0.4, 0.5) is 0 Å². The quantitative estimate of drug-likeness (QED) is 0.867. The maximum absolute atomic E-state index is 11.9. The van der Waals surface area contributed by atoms with E-state index in [0.717, 1.165) is 18.7 Å². The molecule has 0 spiro atoms. The SMILES string of the molecule is Cc1cnc(CCNC(=O)CC2CCCC2)n1C1CC1. The van der Waals surface area contributed by atoms with Gasteiger partial charge in [-0.25, -0.2) is 4.98 Å². The summed E-state index contributed by atoms with van der Waals surface area (Å²) in [6.07, 6.45) is 11.1. The minimum absolute atomic E-state index is 0.221. The van der Waals surface area contributed by atoms with Crippen LogP contribution < -0.4 is 5.32 Å². The number of hydrogen-bond acceptors (Lipinski definition) is 2. The van der Waals surface area contributed by atoms with Crippen molar-refractivity contribution in [3.63, 3.8) is 0 Å². The van der Waals surface area contributed by atoms with Gasteiger partial charge in [-0.1, -0.05) is 12.8 Å². The van der Waals surface area contributed by atoms with Crippen molar-refractivity contribution in [1.29, 1.82) is 0 Å². The fraction of sp³-hybridized carbons (Fsp3) is 0.750. The van der Waals surface area contributed by atoms with Crippen molar-refractivity contribution in [2.45, 2.75) is 64.3 Å². The summed E-state index contributed by atoms with van der Waals surface area (Å²) in [6.45, 7) is 2.84. The standard InChI is InChI=1S/C16H25N3O/c1-12-11-18-15(19(12)14-6-7-14)8-9-17-16(20)10-13-4-2-3-5-13/h11,13-14H,2-10H2,1H3,(H,17,20). The molecule has 2 fully saturated rings. The van der Waals surface area contributed by atoms with Gasteiger partial charge in [0.1, 0.15) is 5.82 Å². The fourth-order valence-corrected chi connectivity index (χ4v) is 3.37. The fourth-order valence-electron chi connectivity index (χ4n) is 3.37. The lowest BCUT2D eigenvalue weighted by atomic mass is 10.0. The van der Waals surface area contributed by atoms with Gasteiger partial charge in [-0.3, -0.25) is 4.79 Å². The Balaban J connectivity index is 1.44. The summed E-state index contributed by atoms with van der Waals surface area (Å²) in [7, 11) is 0. The van der Waals surface area contributed by atoms with Gasteiger partial charge in [-0.15, -0.1) is 0 Å². The average molecular weight is 275 g/mol. The second-order valence-electron chi connectivity index (χ2n) is 6.37. The summed E-state index contributed by atoms with van der Waals surface area (Å²) in [5.41, 5.74) is 1.25. The normalized spacial score (nSPS) is 19.4. The molecular weight excluding hydrogens is 250 g/mol. The second kappa shape index (κ2) is 5.98. The molecule has 2 aliphatic rings. The van der Waals surface area contributed by atoms with Crippen molar-refractivity contribution in [1.82, 2.24) is 14.9 Å². The number of hydrogen-bond donors (Lipinski definition) is 1. The first kappa shape index (κ1) is 13.7. The third-order valence-corrected chi connectivity index (χ3v) is 4.59. The Kier molecular flexibility index (Phi) is 4.08. The third kappa shape index (κ3) is 3.22. The van der Waals surface area contributed by atoms with Crippen LogP contribution in [0.25, 0.3) is 0 Å². The molecule has 4 heteroatoms. The zero-order valence-corrected chi connectivity index (χ0v) is 12.4. The molecule has 1 aromatic rings. The Bertz CT molecular complexity index is 470.